The van der Waals surface area contributed by atoms with Gasteiger partial charge in [-0.15, -0.1) is 0 Å². The molecule has 0 radical (unpaired) electrons. The molecule has 2 heterocycles. The minimum absolute atomic E-state index is 0.497. The average molecular weight is 323 g/mol. The minimum atomic E-state index is 0.497. The Morgan fingerprint density at radius 2 is 2.00 bits per heavy atom. The molecule has 0 atom stereocenters. The van der Waals surface area contributed by atoms with Crippen molar-refractivity contribution in [2.24, 2.45) is 0 Å². The van der Waals surface area contributed by atoms with Crippen molar-refractivity contribution in [3.05, 3.63) is 23.5 Å². The molecule has 3 rings (SSSR count). The van der Waals surface area contributed by atoms with Gasteiger partial charge >= 0.3 is 0 Å². The summed E-state index contributed by atoms with van der Waals surface area (Å²) in [6.07, 6.45) is 1.43. The number of anilines is 3. The van der Waals surface area contributed by atoms with E-state index in [-0.39, 0.29) is 0 Å². The number of nitrogens with one attached hydrogen (secondary N) is 2. The monoisotopic (exact) mass is 322 g/mol. The summed E-state index contributed by atoms with van der Waals surface area (Å²) in [7, 11) is 3.31. The lowest BCUT2D eigenvalue weighted by Gasteiger charge is -2.13. The van der Waals surface area contributed by atoms with E-state index in [9.17, 15) is 0 Å². The van der Waals surface area contributed by atoms with Gasteiger partial charge in [-0.25, -0.2) is 9.97 Å². The molecule has 21 heavy (non-hydrogen) atoms. The van der Waals surface area contributed by atoms with E-state index < -0.39 is 0 Å². The van der Waals surface area contributed by atoms with Gasteiger partial charge in [-0.3, -0.25) is 0 Å². The maximum absolute atomic E-state index is 6.25. The van der Waals surface area contributed by atoms with Crippen LogP contribution in [-0.2, 0) is 0 Å². The zero-order chi connectivity index (χ0) is 14.8. The number of hydrogen-bond donors (Lipinski definition) is 2. The summed E-state index contributed by atoms with van der Waals surface area (Å²) in [6.45, 7) is 0. The second-order valence-electron chi connectivity index (χ2n) is 4.03. The number of halogens is 1. The maximum atomic E-state index is 6.25. The van der Waals surface area contributed by atoms with Crippen LogP contribution in [0.3, 0.4) is 0 Å². The Balaban J connectivity index is 2.11. The fraction of sp³-hybridized carbons (Fsp3) is 0.167. The molecule has 0 unspecified atom stereocenters. The van der Waals surface area contributed by atoms with Crippen LogP contribution in [0.15, 0.2) is 18.5 Å². The van der Waals surface area contributed by atoms with Crippen LogP contribution in [-0.4, -0.2) is 32.9 Å². The van der Waals surface area contributed by atoms with Crippen molar-refractivity contribution in [3.63, 3.8) is 0 Å². The Bertz CT molecular complexity index is 793. The van der Waals surface area contributed by atoms with Gasteiger partial charge in [0.1, 0.15) is 17.4 Å². The summed E-state index contributed by atoms with van der Waals surface area (Å²) in [6, 6.07) is 3.59. The number of aromatic nitrogens is 4. The van der Waals surface area contributed by atoms with E-state index in [1.807, 2.05) is 6.07 Å². The van der Waals surface area contributed by atoms with E-state index >= 15 is 0 Å². The summed E-state index contributed by atoms with van der Waals surface area (Å²) in [5.74, 6) is 1.57. The second-order valence-corrected chi connectivity index (χ2v) is 4.97. The van der Waals surface area contributed by atoms with Gasteiger partial charge in [0.15, 0.2) is 11.6 Å². The van der Waals surface area contributed by atoms with E-state index in [4.69, 9.17) is 16.3 Å². The summed E-state index contributed by atoms with van der Waals surface area (Å²) in [5, 5.41) is 6.63. The quantitative estimate of drug-likeness (QED) is 0.763. The molecule has 0 amide bonds. The van der Waals surface area contributed by atoms with Gasteiger partial charge in [0, 0.05) is 7.05 Å². The van der Waals surface area contributed by atoms with E-state index in [0.29, 0.717) is 33.6 Å². The molecule has 1 aromatic carbocycles. The molecule has 7 nitrogen and oxygen atoms in total. The Hall–Kier alpha value is -2.19. The van der Waals surface area contributed by atoms with Crippen LogP contribution in [0.4, 0.5) is 17.3 Å². The van der Waals surface area contributed by atoms with Crippen molar-refractivity contribution >= 4 is 51.7 Å². The summed E-state index contributed by atoms with van der Waals surface area (Å²) in [4.78, 5) is 8.29. The Labute approximate surface area is 129 Å². The number of fused-ring (bicyclic) bond motifs is 1. The van der Waals surface area contributed by atoms with Gasteiger partial charge < -0.3 is 15.4 Å². The molecule has 0 aliphatic heterocycles. The molecule has 0 bridgehead atoms. The van der Waals surface area contributed by atoms with Crippen molar-refractivity contribution in [1.82, 2.24) is 18.7 Å². The Morgan fingerprint density at radius 3 is 2.76 bits per heavy atom. The van der Waals surface area contributed by atoms with Crippen LogP contribution in [0.25, 0.3) is 11.0 Å². The summed E-state index contributed by atoms with van der Waals surface area (Å²) in [5.41, 5.74) is 2.11. The molecule has 9 heteroatoms. The second kappa shape index (κ2) is 5.66. The highest BCUT2D eigenvalue weighted by Crippen LogP contribution is 2.36. The molecule has 0 saturated carbocycles. The first-order valence-electron chi connectivity index (χ1n) is 5.99. The number of methoxy groups -OCH3 is 1. The third-order valence-electron chi connectivity index (χ3n) is 2.87. The fourth-order valence-electron chi connectivity index (χ4n) is 1.90. The third-order valence-corrected chi connectivity index (χ3v) is 3.72. The van der Waals surface area contributed by atoms with Crippen LogP contribution >= 0.6 is 23.3 Å². The van der Waals surface area contributed by atoms with E-state index in [0.717, 1.165) is 17.2 Å². The number of ether oxygens (including phenoxy) is 1. The predicted octanol–water partition coefficient (Wildman–Crippen LogP) is 2.93. The largest absolute Gasteiger partial charge is 0.490 e. The van der Waals surface area contributed by atoms with Gasteiger partial charge in [0.2, 0.25) is 5.75 Å². The third kappa shape index (κ3) is 2.43. The van der Waals surface area contributed by atoms with Crippen molar-refractivity contribution in [3.8, 4) is 5.75 Å². The first kappa shape index (κ1) is 13.8. The lowest BCUT2D eigenvalue weighted by Crippen LogP contribution is -2.03. The van der Waals surface area contributed by atoms with Gasteiger partial charge in [-0.2, -0.15) is 8.75 Å². The molecule has 0 aliphatic carbocycles. The van der Waals surface area contributed by atoms with Crippen LogP contribution in [0.2, 0.25) is 5.02 Å². The smallest absolute Gasteiger partial charge is 0.204 e. The standard InChI is InChI=1S/C12H11ClN6OS/c1-14-11-10(20-2)12(16-5-15-11)17-8-6(13)3-4-7-9(8)19-21-18-7/h3-5H,1-2H3,(H2,14,15,16,17). The van der Waals surface area contributed by atoms with Gasteiger partial charge in [0.05, 0.1) is 29.5 Å². The normalized spacial score (nSPS) is 10.6. The lowest BCUT2D eigenvalue weighted by molar-refractivity contribution is 0.415. The lowest BCUT2D eigenvalue weighted by atomic mass is 10.2. The van der Waals surface area contributed by atoms with Crippen LogP contribution in [0.5, 0.6) is 5.75 Å². The summed E-state index contributed by atoms with van der Waals surface area (Å²) < 4.78 is 13.8. The molecular formula is C12H11ClN6OS. The molecule has 0 spiro atoms. The van der Waals surface area contributed by atoms with Crippen molar-refractivity contribution in [2.45, 2.75) is 0 Å². The topological polar surface area (TPSA) is 84.9 Å². The molecule has 3 aromatic rings. The fourth-order valence-corrected chi connectivity index (χ4v) is 2.64. The molecule has 108 valence electrons. The average Bonchev–Trinajstić information content (AvgIpc) is 2.98. The zero-order valence-corrected chi connectivity index (χ0v) is 12.8. The van der Waals surface area contributed by atoms with Crippen molar-refractivity contribution in [1.29, 1.82) is 0 Å². The Kier molecular flexibility index (Phi) is 3.72. The molecule has 0 saturated heterocycles. The van der Waals surface area contributed by atoms with Crippen LogP contribution < -0.4 is 15.4 Å². The van der Waals surface area contributed by atoms with Crippen LogP contribution in [0.1, 0.15) is 0 Å². The van der Waals surface area contributed by atoms with Crippen LogP contribution in [0, 0.1) is 0 Å². The van der Waals surface area contributed by atoms with E-state index in [1.165, 1.54) is 6.33 Å². The minimum Gasteiger partial charge on any atom is -0.490 e. The molecule has 0 fully saturated rings. The first-order valence-corrected chi connectivity index (χ1v) is 7.10. The maximum Gasteiger partial charge on any atom is 0.204 e. The molecule has 2 aromatic heterocycles. The number of rotatable bonds is 4. The highest BCUT2D eigenvalue weighted by Gasteiger charge is 2.15. The highest BCUT2D eigenvalue weighted by molar-refractivity contribution is 7.00. The van der Waals surface area contributed by atoms with E-state index in [2.05, 4.69) is 29.3 Å². The summed E-state index contributed by atoms with van der Waals surface area (Å²) >= 11 is 7.38. The van der Waals surface area contributed by atoms with E-state index in [1.54, 1.807) is 20.2 Å². The number of hydrogen-bond acceptors (Lipinski definition) is 8. The first-order chi connectivity index (χ1) is 10.2. The highest BCUT2D eigenvalue weighted by atomic mass is 35.5. The van der Waals surface area contributed by atoms with Gasteiger partial charge in [0.25, 0.3) is 0 Å². The molecule has 2 N–H and O–H groups in total. The molecular weight excluding hydrogens is 312 g/mol. The van der Waals surface area contributed by atoms with Crippen molar-refractivity contribution < 1.29 is 4.74 Å². The molecule has 0 aliphatic rings. The van der Waals surface area contributed by atoms with Gasteiger partial charge in [-0.05, 0) is 12.1 Å². The number of benzene rings is 1. The predicted molar refractivity (Wildman–Crippen MR) is 83.8 cm³/mol. The number of nitrogens with zero attached hydrogens (tertiary/aromatic N) is 4. The SMILES string of the molecule is CNc1ncnc(Nc2c(Cl)ccc3nsnc23)c1OC. The zero-order valence-electron chi connectivity index (χ0n) is 11.2. The Morgan fingerprint density at radius 1 is 1.19 bits per heavy atom. The van der Waals surface area contributed by atoms with Gasteiger partial charge in [-0.1, -0.05) is 11.6 Å². The van der Waals surface area contributed by atoms with Crippen molar-refractivity contribution in [2.75, 3.05) is 24.8 Å².